The number of benzene rings is 2. The van der Waals surface area contributed by atoms with E-state index in [1.807, 2.05) is 66.7 Å². The molecule has 1 aromatic heterocycles. The minimum absolute atomic E-state index is 0.0528. The van der Waals surface area contributed by atoms with Crippen molar-refractivity contribution in [1.82, 2.24) is 0 Å². The van der Waals surface area contributed by atoms with Crippen LogP contribution in [0.2, 0.25) is 0 Å². The van der Waals surface area contributed by atoms with E-state index in [-0.39, 0.29) is 18.2 Å². The van der Waals surface area contributed by atoms with Gasteiger partial charge in [0.1, 0.15) is 18.1 Å². The third kappa shape index (κ3) is 3.18. The Hall–Kier alpha value is -3.76. The minimum Gasteiger partial charge on any atom is -0.463 e. The van der Waals surface area contributed by atoms with Gasteiger partial charge in [-0.3, -0.25) is 9.59 Å². The van der Waals surface area contributed by atoms with E-state index in [1.54, 1.807) is 18.2 Å². The first kappa shape index (κ1) is 21.1. The van der Waals surface area contributed by atoms with Crippen molar-refractivity contribution in [3.63, 3.8) is 0 Å². The lowest BCUT2D eigenvalue weighted by Crippen LogP contribution is -2.54. The Morgan fingerprint density at radius 1 is 1.00 bits per heavy atom. The van der Waals surface area contributed by atoms with Crippen molar-refractivity contribution < 1.29 is 19.1 Å². The molecular weight excluding hydrogens is 412 g/mol. The number of carbonyl (C=O) groups excluding carboxylic acids is 2. The first-order valence-electron chi connectivity index (χ1n) is 11.0. The number of carbonyl (C=O) groups is 2. The number of ketones is 2. The van der Waals surface area contributed by atoms with Crippen LogP contribution < -0.4 is 0 Å². The Labute approximate surface area is 192 Å². The molecule has 0 fully saturated rings. The number of fused-ring (bicyclic) bond motifs is 1. The Bertz CT molecular complexity index is 1280. The normalized spacial score (nSPS) is 24.6. The summed E-state index contributed by atoms with van der Waals surface area (Å²) < 4.78 is 5.97. The fourth-order valence-corrected chi connectivity index (χ4v) is 5.45. The minimum atomic E-state index is -1.17. The number of furan rings is 1. The van der Waals surface area contributed by atoms with E-state index in [0.717, 1.165) is 16.7 Å². The molecule has 1 heterocycles. The summed E-state index contributed by atoms with van der Waals surface area (Å²) in [6.07, 6.45) is 5.66. The van der Waals surface area contributed by atoms with Gasteiger partial charge in [-0.15, -0.1) is 0 Å². The summed E-state index contributed by atoms with van der Waals surface area (Å²) >= 11 is 0. The van der Waals surface area contributed by atoms with Gasteiger partial charge in [-0.05, 0) is 41.3 Å². The maximum Gasteiger partial charge on any atom is 0.168 e. The predicted octanol–water partition coefficient (Wildman–Crippen LogP) is 5.16. The third-order valence-corrected chi connectivity index (χ3v) is 6.89. The Morgan fingerprint density at radius 2 is 1.70 bits per heavy atom. The molecule has 0 saturated carbocycles. The molecule has 0 saturated heterocycles. The number of aliphatic hydroxyl groups is 1. The number of aliphatic hydroxyl groups excluding tert-OH is 1. The second kappa shape index (κ2) is 8.30. The molecule has 0 spiro atoms. The third-order valence-electron chi connectivity index (χ3n) is 6.89. The quantitative estimate of drug-likeness (QED) is 0.600. The monoisotopic (exact) mass is 436 g/mol. The highest BCUT2D eigenvalue weighted by Gasteiger charge is 2.60. The molecule has 5 rings (SSSR count). The maximum absolute atomic E-state index is 14.2. The molecular formula is C29H24O4. The second-order valence-electron chi connectivity index (χ2n) is 8.48. The fraction of sp³-hybridized carbons (Fsp3) is 0.172. The molecule has 164 valence electrons. The number of hydrogen-bond acceptors (Lipinski definition) is 4. The van der Waals surface area contributed by atoms with E-state index in [4.69, 9.17) is 4.42 Å². The van der Waals surface area contributed by atoms with Crippen molar-refractivity contribution in [1.29, 1.82) is 0 Å². The zero-order chi connectivity index (χ0) is 23.0. The largest absolute Gasteiger partial charge is 0.463 e. The van der Waals surface area contributed by atoms with E-state index >= 15 is 0 Å². The van der Waals surface area contributed by atoms with Crippen LogP contribution in [0.25, 0.3) is 5.57 Å². The van der Waals surface area contributed by atoms with Crippen LogP contribution in [0, 0.1) is 5.92 Å². The van der Waals surface area contributed by atoms with E-state index in [9.17, 15) is 14.7 Å². The van der Waals surface area contributed by atoms with Gasteiger partial charge in [0.15, 0.2) is 11.6 Å². The molecule has 2 aliphatic carbocycles. The molecule has 2 aromatic carbocycles. The zero-order valence-corrected chi connectivity index (χ0v) is 18.1. The number of Topliss-reactive ketones (excluding diaryl/α,β-unsaturated/α-hetero) is 1. The average molecular weight is 437 g/mol. The lowest BCUT2D eigenvalue weighted by Gasteiger charge is -2.48. The van der Waals surface area contributed by atoms with E-state index < -0.39 is 17.3 Å². The molecule has 4 heteroatoms. The van der Waals surface area contributed by atoms with Gasteiger partial charge in [-0.25, -0.2) is 0 Å². The zero-order valence-electron chi connectivity index (χ0n) is 18.1. The molecule has 3 aromatic rings. The average Bonchev–Trinajstić information content (AvgIpc) is 3.35. The maximum atomic E-state index is 14.2. The first-order chi connectivity index (χ1) is 16.1. The summed E-state index contributed by atoms with van der Waals surface area (Å²) in [6, 6.07) is 22.3. The molecule has 0 radical (unpaired) electrons. The van der Waals surface area contributed by atoms with Crippen LogP contribution in [0.15, 0.2) is 108 Å². The van der Waals surface area contributed by atoms with Crippen molar-refractivity contribution in [3.05, 3.63) is 126 Å². The summed E-state index contributed by atoms with van der Waals surface area (Å²) in [7, 11) is 0. The molecule has 2 aliphatic rings. The molecule has 0 aliphatic heterocycles. The lowest BCUT2D eigenvalue weighted by molar-refractivity contribution is -0.131. The molecule has 0 amide bonds. The van der Waals surface area contributed by atoms with Gasteiger partial charge in [0, 0.05) is 11.5 Å². The van der Waals surface area contributed by atoms with Crippen LogP contribution in [0.4, 0.5) is 0 Å². The summed E-state index contributed by atoms with van der Waals surface area (Å²) in [4.78, 5) is 28.2. The molecule has 4 nitrogen and oxygen atoms in total. The molecule has 33 heavy (non-hydrogen) atoms. The van der Waals surface area contributed by atoms with Crippen LogP contribution in [-0.2, 0) is 21.6 Å². The van der Waals surface area contributed by atoms with Crippen LogP contribution in [0.3, 0.4) is 0 Å². The van der Waals surface area contributed by atoms with Gasteiger partial charge in [0.2, 0.25) is 0 Å². The highest BCUT2D eigenvalue weighted by Crippen LogP contribution is 2.57. The van der Waals surface area contributed by atoms with Crippen LogP contribution >= 0.6 is 0 Å². The number of allylic oxidation sites excluding steroid dienone is 5. The van der Waals surface area contributed by atoms with Crippen LogP contribution in [0.5, 0.6) is 0 Å². The van der Waals surface area contributed by atoms with Crippen molar-refractivity contribution in [2.45, 2.75) is 24.4 Å². The smallest absolute Gasteiger partial charge is 0.168 e. The first-order valence-corrected chi connectivity index (χ1v) is 11.0. The van der Waals surface area contributed by atoms with E-state index in [2.05, 4.69) is 6.58 Å². The summed E-state index contributed by atoms with van der Waals surface area (Å²) in [5.74, 6) is -0.365. The predicted molar refractivity (Wildman–Crippen MR) is 126 cm³/mol. The Kier molecular flexibility index (Phi) is 5.31. The number of hydrogen-bond donors (Lipinski definition) is 1. The standard InChI is InChI=1S/C29H24O4/c1-2-19-13-15-24-28(32)23(20-9-5-3-6-10-20)17-26(31)29(24,21-11-7-4-8-12-21)27(19)25-16-14-22(18-30)33-25/h2-14,16-17,24,27,30H,1,15,18H2/t24-,27+,29-/m0/s1. The van der Waals surface area contributed by atoms with Gasteiger partial charge in [0.05, 0.1) is 11.3 Å². The van der Waals surface area contributed by atoms with Crippen molar-refractivity contribution in [2.75, 3.05) is 0 Å². The Balaban J connectivity index is 1.79. The van der Waals surface area contributed by atoms with Gasteiger partial charge >= 0.3 is 0 Å². The van der Waals surface area contributed by atoms with Gasteiger partial charge < -0.3 is 9.52 Å². The van der Waals surface area contributed by atoms with E-state index in [1.165, 1.54) is 6.08 Å². The second-order valence-corrected chi connectivity index (χ2v) is 8.48. The van der Waals surface area contributed by atoms with Crippen LogP contribution in [-0.4, -0.2) is 16.7 Å². The van der Waals surface area contributed by atoms with Crippen molar-refractivity contribution in [3.8, 4) is 0 Å². The van der Waals surface area contributed by atoms with Crippen molar-refractivity contribution in [2.24, 2.45) is 5.92 Å². The fourth-order valence-electron chi connectivity index (χ4n) is 5.45. The topological polar surface area (TPSA) is 67.5 Å². The highest BCUT2D eigenvalue weighted by molar-refractivity contribution is 6.31. The molecule has 0 bridgehead atoms. The number of rotatable bonds is 5. The summed E-state index contributed by atoms with van der Waals surface area (Å²) in [6.45, 7) is 3.74. The lowest BCUT2D eigenvalue weighted by atomic mass is 9.50. The van der Waals surface area contributed by atoms with Gasteiger partial charge in [0.25, 0.3) is 0 Å². The van der Waals surface area contributed by atoms with Crippen molar-refractivity contribution >= 4 is 17.1 Å². The van der Waals surface area contributed by atoms with Gasteiger partial charge in [-0.2, -0.15) is 0 Å². The summed E-state index contributed by atoms with van der Waals surface area (Å²) in [5, 5.41) is 9.58. The van der Waals surface area contributed by atoms with Gasteiger partial charge in [-0.1, -0.05) is 79.4 Å². The van der Waals surface area contributed by atoms with Crippen LogP contribution in [0.1, 0.15) is 35.0 Å². The SMILES string of the molecule is C=CC1=CC[C@H]2C(=O)C(c3ccccc3)=CC(=O)[C@@]2(c2ccccc2)[C@H]1c1ccc(CO)o1. The highest BCUT2D eigenvalue weighted by atomic mass is 16.4. The Morgan fingerprint density at radius 3 is 2.33 bits per heavy atom. The molecule has 3 atom stereocenters. The molecule has 1 N–H and O–H groups in total. The van der Waals surface area contributed by atoms with E-state index in [0.29, 0.717) is 23.5 Å². The molecule has 0 unspecified atom stereocenters. The summed E-state index contributed by atoms with van der Waals surface area (Å²) in [5.41, 5.74) is 1.64.